The summed E-state index contributed by atoms with van der Waals surface area (Å²) in [6.07, 6.45) is 13.6. The number of ether oxygens (including phenoxy) is 2. The summed E-state index contributed by atoms with van der Waals surface area (Å²) in [4.78, 5) is 32.5. The molecule has 6 heteroatoms. The van der Waals surface area contributed by atoms with Crippen LogP contribution in [0, 0.1) is 11.8 Å². The van der Waals surface area contributed by atoms with Crippen molar-refractivity contribution < 1.29 is 19.1 Å². The van der Waals surface area contributed by atoms with Crippen LogP contribution >= 0.6 is 0 Å². The minimum Gasteiger partial charge on any atom is -0.497 e. The molecule has 2 atom stereocenters. The lowest BCUT2D eigenvalue weighted by Crippen LogP contribution is -2.35. The number of Topliss-reactive ketones (excluding diaryl/α,β-unsaturated/α-hetero) is 2. The van der Waals surface area contributed by atoms with E-state index in [1.165, 1.54) is 51.4 Å². The number of nitrogens with zero attached hydrogens (tertiary/aromatic N) is 2. The predicted octanol–water partition coefficient (Wildman–Crippen LogP) is 7.31. The number of ketones is 2. The molecule has 2 saturated heterocycles. The van der Waals surface area contributed by atoms with Crippen molar-refractivity contribution >= 4 is 11.6 Å². The Hall–Kier alpha value is -2.70. The Balaban J connectivity index is 1.41. The lowest BCUT2D eigenvalue weighted by Gasteiger charge is -2.27. The van der Waals surface area contributed by atoms with Crippen molar-refractivity contribution in [3.05, 3.63) is 59.7 Å². The first-order valence-corrected chi connectivity index (χ1v) is 16.4. The predicted molar refractivity (Wildman–Crippen MR) is 170 cm³/mol. The summed E-state index contributed by atoms with van der Waals surface area (Å²) in [5, 5.41) is 0. The maximum absolute atomic E-state index is 13.7. The van der Waals surface area contributed by atoms with E-state index in [0.29, 0.717) is 0 Å². The first kappa shape index (κ1) is 32.2. The van der Waals surface area contributed by atoms with E-state index in [0.717, 1.165) is 87.6 Å². The van der Waals surface area contributed by atoms with Crippen LogP contribution in [0.5, 0.6) is 11.5 Å². The molecule has 0 amide bonds. The topological polar surface area (TPSA) is 59.1 Å². The van der Waals surface area contributed by atoms with E-state index >= 15 is 0 Å². The Morgan fingerprint density at radius 1 is 0.571 bits per heavy atom. The quantitative estimate of drug-likeness (QED) is 0.164. The number of likely N-dealkylation sites (tertiary alicyclic amines) is 2. The third kappa shape index (κ3) is 9.95. The molecule has 2 aliphatic heterocycles. The molecule has 0 aromatic heterocycles. The second kappa shape index (κ2) is 17.4. The molecule has 2 fully saturated rings. The van der Waals surface area contributed by atoms with Crippen molar-refractivity contribution in [2.24, 2.45) is 11.8 Å². The molecule has 0 N–H and O–H groups in total. The Morgan fingerprint density at radius 3 is 1.21 bits per heavy atom. The van der Waals surface area contributed by atoms with Crippen LogP contribution in [0.4, 0.5) is 0 Å². The van der Waals surface area contributed by atoms with Crippen LogP contribution in [0.3, 0.4) is 0 Å². The van der Waals surface area contributed by atoms with E-state index in [-0.39, 0.29) is 23.4 Å². The second-order valence-electron chi connectivity index (χ2n) is 12.3. The summed E-state index contributed by atoms with van der Waals surface area (Å²) in [5.74, 6) is 1.95. The summed E-state index contributed by atoms with van der Waals surface area (Å²) in [6.45, 7) is 5.99. The Labute approximate surface area is 253 Å². The lowest BCUT2D eigenvalue weighted by molar-refractivity contribution is 0.0848. The van der Waals surface area contributed by atoms with Gasteiger partial charge in [-0.05, 0) is 113 Å². The molecule has 42 heavy (non-hydrogen) atoms. The highest BCUT2D eigenvalue weighted by atomic mass is 16.5. The molecule has 0 radical (unpaired) electrons. The van der Waals surface area contributed by atoms with Crippen molar-refractivity contribution in [3.63, 3.8) is 0 Å². The van der Waals surface area contributed by atoms with Gasteiger partial charge in [-0.15, -0.1) is 0 Å². The van der Waals surface area contributed by atoms with E-state index in [2.05, 4.69) is 9.80 Å². The van der Waals surface area contributed by atoms with Crippen LogP contribution in [0.15, 0.2) is 48.5 Å². The zero-order chi connectivity index (χ0) is 29.6. The molecule has 230 valence electrons. The molecular formula is C36H52N2O4. The molecule has 6 nitrogen and oxygen atoms in total. The van der Waals surface area contributed by atoms with Gasteiger partial charge in [0.05, 0.1) is 14.2 Å². The number of hydrogen-bond donors (Lipinski definition) is 0. The maximum Gasteiger partial charge on any atom is 0.167 e. The summed E-state index contributed by atoms with van der Waals surface area (Å²) in [5.41, 5.74) is 1.54. The van der Waals surface area contributed by atoms with Gasteiger partial charge in [-0.25, -0.2) is 0 Å². The minimum absolute atomic E-state index is 0.0298. The zero-order valence-corrected chi connectivity index (χ0v) is 26.0. The monoisotopic (exact) mass is 576 g/mol. The number of carbonyl (C=O) groups excluding carboxylic acids is 2. The van der Waals surface area contributed by atoms with Gasteiger partial charge < -0.3 is 19.3 Å². The molecule has 2 aromatic carbocycles. The van der Waals surface area contributed by atoms with Crippen LogP contribution < -0.4 is 9.47 Å². The Kier molecular flexibility index (Phi) is 13.4. The van der Waals surface area contributed by atoms with Crippen molar-refractivity contribution in [1.82, 2.24) is 9.80 Å². The summed E-state index contributed by atoms with van der Waals surface area (Å²) < 4.78 is 10.6. The second-order valence-corrected chi connectivity index (χ2v) is 12.3. The minimum atomic E-state index is -0.0298. The number of hydrogen-bond acceptors (Lipinski definition) is 6. The van der Waals surface area contributed by atoms with Gasteiger partial charge in [0.1, 0.15) is 11.5 Å². The van der Waals surface area contributed by atoms with Gasteiger partial charge in [-0.1, -0.05) is 38.5 Å². The van der Waals surface area contributed by atoms with Gasteiger partial charge in [0, 0.05) is 36.1 Å². The number of methoxy groups -OCH3 is 2. The average molecular weight is 577 g/mol. The highest BCUT2D eigenvalue weighted by Crippen LogP contribution is 2.25. The number of unbranched alkanes of at least 4 members (excludes halogenated alkanes) is 1. The van der Waals surface area contributed by atoms with E-state index in [9.17, 15) is 9.59 Å². The van der Waals surface area contributed by atoms with Gasteiger partial charge in [-0.2, -0.15) is 0 Å². The Bertz CT molecular complexity index is 981. The summed E-state index contributed by atoms with van der Waals surface area (Å²) >= 11 is 0. The highest BCUT2D eigenvalue weighted by Gasteiger charge is 2.26. The Morgan fingerprint density at radius 2 is 0.905 bits per heavy atom. The number of carbonyl (C=O) groups is 2. The highest BCUT2D eigenvalue weighted by molar-refractivity contribution is 5.98. The summed E-state index contributed by atoms with van der Waals surface area (Å²) in [7, 11) is 3.30. The number of benzene rings is 2. The largest absolute Gasteiger partial charge is 0.497 e. The van der Waals surface area contributed by atoms with Crippen molar-refractivity contribution in [1.29, 1.82) is 0 Å². The van der Waals surface area contributed by atoms with Crippen LogP contribution in [-0.4, -0.2) is 74.9 Å². The van der Waals surface area contributed by atoms with E-state index in [1.54, 1.807) is 14.2 Å². The first-order valence-electron chi connectivity index (χ1n) is 16.4. The number of rotatable bonds is 15. The molecule has 2 aromatic rings. The fourth-order valence-electron chi connectivity index (χ4n) is 6.63. The van der Waals surface area contributed by atoms with Gasteiger partial charge >= 0.3 is 0 Å². The van der Waals surface area contributed by atoms with Gasteiger partial charge in [0.25, 0.3) is 0 Å². The molecule has 4 rings (SSSR count). The molecule has 0 saturated carbocycles. The van der Waals surface area contributed by atoms with E-state index in [1.807, 2.05) is 48.5 Å². The fourth-order valence-corrected chi connectivity index (χ4v) is 6.63. The molecule has 0 bridgehead atoms. The smallest absolute Gasteiger partial charge is 0.167 e. The van der Waals surface area contributed by atoms with E-state index in [4.69, 9.17) is 9.47 Å². The third-order valence-electron chi connectivity index (χ3n) is 9.20. The standard InChI is InChI=1S/C36H52N2O4/c1-41-33-19-15-29(16-20-33)35(39)31(27-37-23-9-3-4-10-24-37)13-7-8-14-32(28-38-25-11-5-6-12-26-38)36(40)30-17-21-34(42-2)22-18-30/h15-22,31-32H,3-14,23-28H2,1-2H3/t31-,32-/m0/s1. The van der Waals surface area contributed by atoms with Crippen molar-refractivity contribution in [2.45, 2.75) is 77.0 Å². The van der Waals surface area contributed by atoms with Gasteiger partial charge in [0.2, 0.25) is 0 Å². The van der Waals surface area contributed by atoms with Crippen molar-refractivity contribution in [3.8, 4) is 11.5 Å². The summed E-state index contributed by atoms with van der Waals surface area (Å²) in [6, 6.07) is 15.1. The molecule has 2 heterocycles. The van der Waals surface area contributed by atoms with Crippen LogP contribution in [0.2, 0.25) is 0 Å². The fraction of sp³-hybridized carbons (Fsp3) is 0.611. The normalized spacial score (nSPS) is 18.4. The molecular weight excluding hydrogens is 524 g/mol. The lowest BCUT2D eigenvalue weighted by atomic mass is 9.88. The van der Waals surface area contributed by atoms with Crippen LogP contribution in [0.25, 0.3) is 0 Å². The van der Waals surface area contributed by atoms with Crippen molar-refractivity contribution in [2.75, 3.05) is 53.5 Å². The SMILES string of the molecule is COc1ccc(C(=O)[C@@H](CCCC[C@@H](CN2CCCCCC2)C(=O)c2ccc(OC)cc2)CN2CCCCCC2)cc1. The van der Waals surface area contributed by atoms with Gasteiger partial charge in [0.15, 0.2) is 11.6 Å². The van der Waals surface area contributed by atoms with Crippen LogP contribution in [0.1, 0.15) is 97.8 Å². The molecule has 0 unspecified atom stereocenters. The van der Waals surface area contributed by atoms with E-state index < -0.39 is 0 Å². The molecule has 0 aliphatic carbocycles. The first-order chi connectivity index (χ1) is 20.6. The van der Waals surface area contributed by atoms with Crippen LogP contribution in [-0.2, 0) is 0 Å². The molecule has 0 spiro atoms. The average Bonchev–Trinajstić information content (AvgIpc) is 3.46. The van der Waals surface area contributed by atoms with Gasteiger partial charge in [-0.3, -0.25) is 9.59 Å². The third-order valence-corrected chi connectivity index (χ3v) is 9.20. The zero-order valence-electron chi connectivity index (χ0n) is 26.0. The molecule has 2 aliphatic rings. The maximum atomic E-state index is 13.7.